The van der Waals surface area contributed by atoms with Crippen LogP contribution in [0.4, 0.5) is 0 Å². The first-order valence-electron chi connectivity index (χ1n) is 5.97. The fraction of sp³-hybridized carbons (Fsp3) is 0.714. The largest absolute Gasteiger partial charge is 0.392 e. The molecule has 1 aliphatic carbocycles. The van der Waals surface area contributed by atoms with Gasteiger partial charge in [0.25, 0.3) is 0 Å². The molecule has 0 saturated heterocycles. The lowest BCUT2D eigenvalue weighted by molar-refractivity contribution is 0.189. The Morgan fingerprint density at radius 2 is 2.31 bits per heavy atom. The quantitative estimate of drug-likeness (QED) is 0.728. The first kappa shape index (κ1) is 13.5. The van der Waals surface area contributed by atoms with Crippen molar-refractivity contribution in [2.24, 2.45) is 11.3 Å². The zero-order valence-corrected chi connectivity index (χ0v) is 10.9. The number of allylic oxidation sites excluding steroid dienone is 2. The number of ether oxygens (including phenoxy) is 1. The maximum atomic E-state index is 8.97. The SMILES string of the molecule is COCC1=CCC(CC=C(C)CO)C1(C)C. The molecule has 0 aromatic heterocycles. The Balaban J connectivity index is 2.60. The van der Waals surface area contributed by atoms with Gasteiger partial charge in [-0.1, -0.05) is 31.6 Å². The summed E-state index contributed by atoms with van der Waals surface area (Å²) in [4.78, 5) is 0. The summed E-state index contributed by atoms with van der Waals surface area (Å²) in [6.07, 6.45) is 6.65. The molecular formula is C14H24O2. The van der Waals surface area contributed by atoms with Crippen molar-refractivity contribution in [3.8, 4) is 0 Å². The van der Waals surface area contributed by atoms with Crippen LogP contribution in [0, 0.1) is 11.3 Å². The number of rotatable bonds is 5. The number of methoxy groups -OCH3 is 1. The molecule has 0 radical (unpaired) electrons. The lowest BCUT2D eigenvalue weighted by Crippen LogP contribution is -2.23. The molecule has 16 heavy (non-hydrogen) atoms. The van der Waals surface area contributed by atoms with Crippen LogP contribution >= 0.6 is 0 Å². The normalized spacial score (nSPS) is 24.7. The molecule has 1 aliphatic rings. The van der Waals surface area contributed by atoms with Gasteiger partial charge in [-0.05, 0) is 36.7 Å². The van der Waals surface area contributed by atoms with Gasteiger partial charge in [0.1, 0.15) is 0 Å². The number of aliphatic hydroxyl groups excluding tert-OH is 1. The van der Waals surface area contributed by atoms with Crippen LogP contribution in [0.25, 0.3) is 0 Å². The van der Waals surface area contributed by atoms with Crippen LogP contribution in [0.5, 0.6) is 0 Å². The molecule has 1 rings (SSSR count). The van der Waals surface area contributed by atoms with Gasteiger partial charge in [0.2, 0.25) is 0 Å². The molecule has 0 bridgehead atoms. The Bertz CT molecular complexity index is 287. The minimum atomic E-state index is 0.172. The Labute approximate surface area is 99.0 Å². The molecule has 2 heteroatoms. The van der Waals surface area contributed by atoms with Gasteiger partial charge in [-0.25, -0.2) is 0 Å². The smallest absolute Gasteiger partial charge is 0.0678 e. The van der Waals surface area contributed by atoms with Crippen molar-refractivity contribution in [2.45, 2.75) is 33.6 Å². The molecule has 0 aliphatic heterocycles. The van der Waals surface area contributed by atoms with E-state index in [2.05, 4.69) is 26.0 Å². The van der Waals surface area contributed by atoms with E-state index in [0.717, 1.165) is 25.0 Å². The summed E-state index contributed by atoms with van der Waals surface area (Å²) in [5, 5.41) is 8.97. The van der Waals surface area contributed by atoms with E-state index in [0.29, 0.717) is 5.92 Å². The zero-order chi connectivity index (χ0) is 12.2. The van der Waals surface area contributed by atoms with Crippen LogP contribution in [0.3, 0.4) is 0 Å². The highest BCUT2D eigenvalue weighted by molar-refractivity contribution is 5.22. The molecule has 0 aromatic rings. The maximum Gasteiger partial charge on any atom is 0.0678 e. The second kappa shape index (κ2) is 5.65. The van der Waals surface area contributed by atoms with Gasteiger partial charge in [0, 0.05) is 7.11 Å². The minimum Gasteiger partial charge on any atom is -0.392 e. The number of hydrogen-bond acceptors (Lipinski definition) is 2. The van der Waals surface area contributed by atoms with E-state index in [4.69, 9.17) is 9.84 Å². The van der Waals surface area contributed by atoms with Crippen LogP contribution in [0.15, 0.2) is 23.3 Å². The van der Waals surface area contributed by atoms with E-state index in [9.17, 15) is 0 Å². The van der Waals surface area contributed by atoms with Crippen molar-refractivity contribution < 1.29 is 9.84 Å². The zero-order valence-electron chi connectivity index (χ0n) is 10.9. The van der Waals surface area contributed by atoms with Crippen LogP contribution in [-0.4, -0.2) is 25.4 Å². The van der Waals surface area contributed by atoms with E-state index < -0.39 is 0 Å². The summed E-state index contributed by atoms with van der Waals surface area (Å²) >= 11 is 0. The first-order valence-corrected chi connectivity index (χ1v) is 5.97. The van der Waals surface area contributed by atoms with Crippen molar-refractivity contribution >= 4 is 0 Å². The van der Waals surface area contributed by atoms with Gasteiger partial charge < -0.3 is 9.84 Å². The average molecular weight is 224 g/mol. The summed E-state index contributed by atoms with van der Waals surface area (Å²) in [5.74, 6) is 0.638. The summed E-state index contributed by atoms with van der Waals surface area (Å²) in [6.45, 7) is 7.47. The molecule has 0 heterocycles. The van der Waals surface area contributed by atoms with E-state index in [1.165, 1.54) is 5.57 Å². The molecule has 0 amide bonds. The first-order chi connectivity index (χ1) is 7.52. The monoisotopic (exact) mass is 224 g/mol. The molecular weight excluding hydrogens is 200 g/mol. The summed E-state index contributed by atoms with van der Waals surface area (Å²) in [7, 11) is 1.75. The van der Waals surface area contributed by atoms with Gasteiger partial charge in [0.15, 0.2) is 0 Å². The molecule has 1 atom stereocenters. The van der Waals surface area contributed by atoms with Crippen molar-refractivity contribution in [1.29, 1.82) is 0 Å². The number of aliphatic hydroxyl groups is 1. The fourth-order valence-electron chi connectivity index (χ4n) is 2.30. The summed E-state index contributed by atoms with van der Waals surface area (Å²) in [5.41, 5.74) is 2.70. The van der Waals surface area contributed by atoms with Gasteiger partial charge in [0.05, 0.1) is 13.2 Å². The highest BCUT2D eigenvalue weighted by Gasteiger charge is 2.35. The molecule has 1 unspecified atom stereocenters. The molecule has 2 nitrogen and oxygen atoms in total. The molecule has 92 valence electrons. The predicted octanol–water partition coefficient (Wildman–Crippen LogP) is 2.93. The Morgan fingerprint density at radius 3 is 2.88 bits per heavy atom. The molecule has 0 fully saturated rings. The Kier molecular flexibility index (Phi) is 4.75. The van der Waals surface area contributed by atoms with Crippen molar-refractivity contribution in [2.75, 3.05) is 20.3 Å². The third-order valence-corrected chi connectivity index (χ3v) is 3.80. The van der Waals surface area contributed by atoms with E-state index in [-0.39, 0.29) is 12.0 Å². The van der Waals surface area contributed by atoms with Crippen LogP contribution in [-0.2, 0) is 4.74 Å². The number of hydrogen-bond donors (Lipinski definition) is 1. The van der Waals surface area contributed by atoms with Crippen LogP contribution in [0.1, 0.15) is 33.6 Å². The van der Waals surface area contributed by atoms with Crippen molar-refractivity contribution in [1.82, 2.24) is 0 Å². The molecule has 0 saturated carbocycles. The van der Waals surface area contributed by atoms with Gasteiger partial charge >= 0.3 is 0 Å². The maximum absolute atomic E-state index is 8.97. The molecule has 0 aromatic carbocycles. The Hall–Kier alpha value is -0.600. The second-order valence-electron chi connectivity index (χ2n) is 5.26. The lowest BCUT2D eigenvalue weighted by atomic mass is 9.75. The van der Waals surface area contributed by atoms with E-state index in [1.54, 1.807) is 7.11 Å². The summed E-state index contributed by atoms with van der Waals surface area (Å²) < 4.78 is 5.23. The predicted molar refractivity (Wildman–Crippen MR) is 67.3 cm³/mol. The van der Waals surface area contributed by atoms with Crippen LogP contribution < -0.4 is 0 Å². The highest BCUT2D eigenvalue weighted by atomic mass is 16.5. The van der Waals surface area contributed by atoms with Crippen molar-refractivity contribution in [3.05, 3.63) is 23.3 Å². The fourth-order valence-corrected chi connectivity index (χ4v) is 2.30. The van der Waals surface area contributed by atoms with Crippen LogP contribution in [0.2, 0.25) is 0 Å². The molecule has 1 N–H and O–H groups in total. The topological polar surface area (TPSA) is 29.5 Å². The van der Waals surface area contributed by atoms with E-state index in [1.807, 2.05) is 6.92 Å². The van der Waals surface area contributed by atoms with Gasteiger partial charge in [-0.2, -0.15) is 0 Å². The third kappa shape index (κ3) is 2.96. The average Bonchev–Trinajstić information content (AvgIpc) is 2.52. The minimum absolute atomic E-state index is 0.172. The highest BCUT2D eigenvalue weighted by Crippen LogP contribution is 2.45. The second-order valence-corrected chi connectivity index (χ2v) is 5.26. The Morgan fingerprint density at radius 1 is 1.62 bits per heavy atom. The van der Waals surface area contributed by atoms with Gasteiger partial charge in [-0.3, -0.25) is 0 Å². The lowest BCUT2D eigenvalue weighted by Gasteiger charge is -2.30. The standard InChI is InChI=1S/C14H24O2/c1-11(9-15)5-6-12-7-8-13(10-16-4)14(12,2)3/h5,8,12,15H,6-7,9-10H2,1-4H3. The van der Waals surface area contributed by atoms with Crippen molar-refractivity contribution in [3.63, 3.8) is 0 Å². The van der Waals surface area contributed by atoms with Gasteiger partial charge in [-0.15, -0.1) is 0 Å². The summed E-state index contributed by atoms with van der Waals surface area (Å²) in [6, 6.07) is 0. The third-order valence-electron chi connectivity index (χ3n) is 3.80. The molecule has 0 spiro atoms. The van der Waals surface area contributed by atoms with E-state index >= 15 is 0 Å².